The van der Waals surface area contributed by atoms with Crippen LogP contribution in [-0.4, -0.2) is 43.4 Å². The fraction of sp³-hybridized carbons (Fsp3) is 0.346. The maximum atomic E-state index is 12.9. The zero-order chi connectivity index (χ0) is 25.7. The molecule has 0 spiro atoms. The highest BCUT2D eigenvalue weighted by atomic mass is 32.1. The fourth-order valence-corrected chi connectivity index (χ4v) is 4.43. The normalized spacial score (nSPS) is 10.7. The quantitative estimate of drug-likeness (QED) is 0.399. The second kappa shape index (κ2) is 11.2. The van der Waals surface area contributed by atoms with E-state index in [1.54, 1.807) is 27.1 Å². The van der Waals surface area contributed by atoms with E-state index >= 15 is 0 Å². The molecule has 0 aliphatic heterocycles. The first kappa shape index (κ1) is 26.0. The summed E-state index contributed by atoms with van der Waals surface area (Å²) in [6.45, 7) is 7.98. The molecule has 0 bridgehead atoms. The average molecular weight is 499 g/mol. The van der Waals surface area contributed by atoms with Crippen molar-refractivity contribution in [2.45, 2.75) is 40.7 Å². The van der Waals surface area contributed by atoms with Crippen LogP contribution in [0.2, 0.25) is 0 Å². The molecule has 0 atom stereocenters. The van der Waals surface area contributed by atoms with Crippen molar-refractivity contribution >= 4 is 34.1 Å². The van der Waals surface area contributed by atoms with E-state index < -0.39 is 11.9 Å². The van der Waals surface area contributed by atoms with E-state index in [4.69, 9.17) is 13.9 Å². The van der Waals surface area contributed by atoms with Gasteiger partial charge in [0.05, 0.1) is 17.0 Å². The highest BCUT2D eigenvalue weighted by Gasteiger charge is 2.28. The lowest BCUT2D eigenvalue weighted by Crippen LogP contribution is -2.21. The van der Waals surface area contributed by atoms with Gasteiger partial charge in [-0.05, 0) is 68.1 Å². The van der Waals surface area contributed by atoms with Gasteiger partial charge in [0.25, 0.3) is 11.8 Å². The number of amides is 2. The molecule has 1 aromatic carbocycles. The number of ether oxygens (including phenoxy) is 2. The molecule has 0 aliphatic rings. The summed E-state index contributed by atoms with van der Waals surface area (Å²) in [6, 6.07) is 9.00. The van der Waals surface area contributed by atoms with Crippen LogP contribution in [0, 0.1) is 20.8 Å². The van der Waals surface area contributed by atoms with Gasteiger partial charge >= 0.3 is 5.97 Å². The highest BCUT2D eigenvalue weighted by Crippen LogP contribution is 2.35. The Hall–Kier alpha value is -3.59. The molecule has 2 aromatic heterocycles. The predicted octanol–water partition coefficient (Wildman–Crippen LogP) is 5.37. The molecule has 0 fully saturated rings. The number of carbonyl (C=O) groups is 3. The first-order valence-electron chi connectivity index (χ1n) is 11.2. The molecule has 3 aromatic rings. The second-order valence-electron chi connectivity index (χ2n) is 8.35. The monoisotopic (exact) mass is 498 g/mol. The summed E-state index contributed by atoms with van der Waals surface area (Å²) in [5.74, 6) is -0.156. The zero-order valence-corrected chi connectivity index (χ0v) is 21.6. The van der Waals surface area contributed by atoms with Crippen LogP contribution in [0.3, 0.4) is 0 Å². The number of benzene rings is 1. The van der Waals surface area contributed by atoms with Crippen LogP contribution in [0.5, 0.6) is 5.75 Å². The lowest BCUT2D eigenvalue weighted by molar-refractivity contribution is 0.0506. The number of nitrogens with zero attached hydrogens (tertiary/aromatic N) is 1. The Kier molecular flexibility index (Phi) is 8.34. The van der Waals surface area contributed by atoms with E-state index in [1.807, 2.05) is 39.0 Å². The summed E-state index contributed by atoms with van der Waals surface area (Å²) in [5, 5.41) is 2.95. The molecule has 35 heavy (non-hydrogen) atoms. The molecule has 1 N–H and O–H groups in total. The molecular weight excluding hydrogens is 468 g/mol. The third kappa shape index (κ3) is 6.10. The Morgan fingerprint density at radius 3 is 2.46 bits per heavy atom. The lowest BCUT2D eigenvalue weighted by atomic mass is 10.1. The number of thiophene rings is 1. The SMILES string of the molecule is CCCOC(=O)c1c(NC(=O)c2ccc(COc3ccc(C)c(C)c3)o2)sc(C(=O)N(C)C)c1C. The fourth-order valence-electron chi connectivity index (χ4n) is 3.22. The zero-order valence-electron chi connectivity index (χ0n) is 20.8. The smallest absolute Gasteiger partial charge is 0.341 e. The van der Waals surface area contributed by atoms with Crippen molar-refractivity contribution in [3.8, 4) is 5.75 Å². The van der Waals surface area contributed by atoms with E-state index in [-0.39, 0.29) is 35.4 Å². The molecule has 186 valence electrons. The maximum absolute atomic E-state index is 12.9. The van der Waals surface area contributed by atoms with Gasteiger partial charge in [0.1, 0.15) is 23.1 Å². The van der Waals surface area contributed by atoms with Crippen molar-refractivity contribution in [2.75, 3.05) is 26.0 Å². The summed E-state index contributed by atoms with van der Waals surface area (Å²) in [6.07, 6.45) is 0.652. The number of aryl methyl sites for hydroxylation is 2. The molecule has 0 unspecified atom stereocenters. The minimum atomic E-state index is -0.587. The summed E-state index contributed by atoms with van der Waals surface area (Å²) in [5.41, 5.74) is 2.93. The highest BCUT2D eigenvalue weighted by molar-refractivity contribution is 7.18. The molecule has 8 nitrogen and oxygen atoms in total. The molecule has 0 saturated carbocycles. The lowest BCUT2D eigenvalue weighted by Gasteiger charge is -2.09. The minimum Gasteiger partial charge on any atom is -0.486 e. The number of rotatable bonds is 9. The molecule has 0 saturated heterocycles. The van der Waals surface area contributed by atoms with Crippen molar-refractivity contribution in [3.63, 3.8) is 0 Å². The number of esters is 1. The number of carbonyl (C=O) groups excluding carboxylic acids is 3. The number of hydrogen-bond donors (Lipinski definition) is 1. The predicted molar refractivity (Wildman–Crippen MR) is 135 cm³/mol. The Morgan fingerprint density at radius 1 is 1.06 bits per heavy atom. The molecular formula is C26H30N2O6S. The Morgan fingerprint density at radius 2 is 1.80 bits per heavy atom. The number of anilines is 1. The minimum absolute atomic E-state index is 0.0584. The van der Waals surface area contributed by atoms with Crippen LogP contribution in [0.25, 0.3) is 0 Å². The van der Waals surface area contributed by atoms with Crippen molar-refractivity contribution in [2.24, 2.45) is 0 Å². The van der Waals surface area contributed by atoms with E-state index in [2.05, 4.69) is 5.32 Å². The van der Waals surface area contributed by atoms with Gasteiger partial charge in [0, 0.05) is 14.1 Å². The topological polar surface area (TPSA) is 98.1 Å². The van der Waals surface area contributed by atoms with Crippen LogP contribution in [-0.2, 0) is 11.3 Å². The maximum Gasteiger partial charge on any atom is 0.341 e. The largest absolute Gasteiger partial charge is 0.486 e. The molecule has 2 amide bonds. The van der Waals surface area contributed by atoms with Gasteiger partial charge in [-0.25, -0.2) is 4.79 Å². The van der Waals surface area contributed by atoms with E-state index in [0.717, 1.165) is 16.9 Å². The van der Waals surface area contributed by atoms with Crippen molar-refractivity contribution in [1.82, 2.24) is 4.90 Å². The first-order chi connectivity index (χ1) is 16.6. The van der Waals surface area contributed by atoms with E-state index in [1.165, 1.54) is 16.5 Å². The van der Waals surface area contributed by atoms with Gasteiger partial charge in [0.15, 0.2) is 5.76 Å². The van der Waals surface area contributed by atoms with Crippen molar-refractivity contribution in [1.29, 1.82) is 0 Å². The Bertz CT molecular complexity index is 1240. The van der Waals surface area contributed by atoms with Crippen molar-refractivity contribution < 1.29 is 28.3 Å². The van der Waals surface area contributed by atoms with Crippen LogP contribution < -0.4 is 10.1 Å². The summed E-state index contributed by atoms with van der Waals surface area (Å²) in [4.78, 5) is 40.0. The summed E-state index contributed by atoms with van der Waals surface area (Å²) in [7, 11) is 3.25. The van der Waals surface area contributed by atoms with Crippen LogP contribution in [0.4, 0.5) is 5.00 Å². The third-order valence-electron chi connectivity index (χ3n) is 5.36. The molecule has 0 radical (unpaired) electrons. The number of hydrogen-bond acceptors (Lipinski definition) is 7. The van der Waals surface area contributed by atoms with Gasteiger partial charge in [-0.1, -0.05) is 13.0 Å². The number of nitrogens with one attached hydrogen (secondary N) is 1. The molecule has 9 heteroatoms. The second-order valence-corrected chi connectivity index (χ2v) is 9.37. The molecule has 3 rings (SSSR count). The molecule has 0 aliphatic carbocycles. The number of furan rings is 1. The van der Waals surface area contributed by atoms with Gasteiger partial charge in [0.2, 0.25) is 0 Å². The van der Waals surface area contributed by atoms with E-state index in [9.17, 15) is 14.4 Å². The van der Waals surface area contributed by atoms with Gasteiger partial charge in [-0.2, -0.15) is 0 Å². The van der Waals surface area contributed by atoms with Gasteiger partial charge in [-0.3, -0.25) is 9.59 Å². The van der Waals surface area contributed by atoms with Gasteiger partial charge < -0.3 is 24.1 Å². The Balaban J connectivity index is 1.78. The summed E-state index contributed by atoms with van der Waals surface area (Å²) < 4.78 is 16.7. The average Bonchev–Trinajstić information content (AvgIpc) is 3.42. The van der Waals surface area contributed by atoms with Gasteiger partial charge in [-0.15, -0.1) is 11.3 Å². The summed E-state index contributed by atoms with van der Waals surface area (Å²) >= 11 is 1.03. The molecule has 2 heterocycles. The van der Waals surface area contributed by atoms with E-state index in [0.29, 0.717) is 28.4 Å². The first-order valence-corrected chi connectivity index (χ1v) is 12.1. The van der Waals surface area contributed by atoms with Crippen LogP contribution in [0.1, 0.15) is 66.4 Å². The van der Waals surface area contributed by atoms with Crippen molar-refractivity contribution in [3.05, 3.63) is 69.0 Å². The van der Waals surface area contributed by atoms with Crippen LogP contribution in [0.15, 0.2) is 34.7 Å². The standard InChI is InChI=1S/C26H30N2O6S/c1-7-12-32-26(31)21-17(4)22(25(30)28(5)6)35-24(21)27-23(29)20-11-10-19(34-20)14-33-18-9-8-15(2)16(3)13-18/h8-11,13H,7,12,14H2,1-6H3,(H,27,29). The third-order valence-corrected chi connectivity index (χ3v) is 6.56. The Labute approximate surface area is 208 Å². The van der Waals surface area contributed by atoms with Crippen LogP contribution >= 0.6 is 11.3 Å².